The summed E-state index contributed by atoms with van der Waals surface area (Å²) in [5.41, 5.74) is 0.600. The highest BCUT2D eigenvalue weighted by molar-refractivity contribution is 5.95. The molecular formula is C18H24N2O3. The number of carbonyl (C=O) groups is 1. The molecule has 0 aliphatic heterocycles. The molecule has 0 aromatic heterocycles. The van der Waals surface area contributed by atoms with Gasteiger partial charge in [-0.2, -0.15) is 0 Å². The zero-order valence-electron chi connectivity index (χ0n) is 13.6. The van der Waals surface area contributed by atoms with Gasteiger partial charge in [-0.25, -0.2) is 0 Å². The Hall–Kier alpha value is -1.91. The molecule has 3 rings (SSSR count). The zero-order chi connectivity index (χ0) is 16.4. The van der Waals surface area contributed by atoms with E-state index >= 15 is 0 Å². The lowest BCUT2D eigenvalue weighted by atomic mass is 9.83. The topological polar surface area (TPSA) is 63.5 Å². The number of hydrogen-bond donors (Lipinski definition) is 0. The second kappa shape index (κ2) is 6.69. The fourth-order valence-electron chi connectivity index (χ4n) is 3.69. The molecule has 0 unspecified atom stereocenters. The van der Waals surface area contributed by atoms with E-state index in [4.69, 9.17) is 0 Å². The first-order chi connectivity index (χ1) is 11.1. The van der Waals surface area contributed by atoms with E-state index < -0.39 is 4.92 Å². The standard InChI is InChI=1S/C18H24N2O3/c1-2-13-3-7-15(8-4-13)19(16-11-12-16)18(21)14-5-9-17(10-6-14)20(22)23/h5-6,9-10,13,15-16H,2-4,7-8,11-12H2,1H3. The van der Waals surface area contributed by atoms with E-state index in [1.54, 1.807) is 12.1 Å². The summed E-state index contributed by atoms with van der Waals surface area (Å²) in [5.74, 6) is 0.851. The van der Waals surface area contributed by atoms with Gasteiger partial charge in [-0.05, 0) is 56.6 Å². The summed E-state index contributed by atoms with van der Waals surface area (Å²) in [7, 11) is 0. The van der Waals surface area contributed by atoms with Crippen molar-refractivity contribution in [3.05, 3.63) is 39.9 Å². The fourth-order valence-corrected chi connectivity index (χ4v) is 3.69. The van der Waals surface area contributed by atoms with Gasteiger partial charge in [-0.15, -0.1) is 0 Å². The summed E-state index contributed by atoms with van der Waals surface area (Å²) >= 11 is 0. The normalized spacial score (nSPS) is 24.2. The molecule has 124 valence electrons. The third-order valence-electron chi connectivity index (χ3n) is 5.29. The molecule has 2 fully saturated rings. The number of nitro benzene ring substituents is 1. The molecule has 0 heterocycles. The van der Waals surface area contributed by atoms with Gasteiger partial charge in [0.1, 0.15) is 0 Å². The van der Waals surface area contributed by atoms with Crippen molar-refractivity contribution < 1.29 is 9.72 Å². The molecule has 2 aliphatic carbocycles. The van der Waals surface area contributed by atoms with Crippen LogP contribution in [0.1, 0.15) is 62.2 Å². The van der Waals surface area contributed by atoms with Crippen LogP contribution in [0.15, 0.2) is 24.3 Å². The summed E-state index contributed by atoms with van der Waals surface area (Å²) < 4.78 is 0. The van der Waals surface area contributed by atoms with Crippen LogP contribution in [0, 0.1) is 16.0 Å². The number of nitro groups is 1. The van der Waals surface area contributed by atoms with Gasteiger partial charge >= 0.3 is 0 Å². The average Bonchev–Trinajstić information content (AvgIpc) is 3.40. The predicted octanol–water partition coefficient (Wildman–Crippen LogP) is 4.17. The third-order valence-corrected chi connectivity index (χ3v) is 5.29. The van der Waals surface area contributed by atoms with Crippen molar-refractivity contribution in [1.29, 1.82) is 0 Å². The summed E-state index contributed by atoms with van der Waals surface area (Å²) in [6, 6.07) is 6.74. The molecule has 0 N–H and O–H groups in total. The maximum Gasteiger partial charge on any atom is 0.269 e. The van der Waals surface area contributed by atoms with Gasteiger partial charge < -0.3 is 4.90 Å². The van der Waals surface area contributed by atoms with E-state index in [2.05, 4.69) is 11.8 Å². The number of hydrogen-bond acceptors (Lipinski definition) is 3. The van der Waals surface area contributed by atoms with Crippen LogP contribution in [0.5, 0.6) is 0 Å². The van der Waals surface area contributed by atoms with E-state index in [1.807, 2.05) is 0 Å². The molecule has 2 aliphatic rings. The molecule has 0 bridgehead atoms. The van der Waals surface area contributed by atoms with Crippen LogP contribution in [0.3, 0.4) is 0 Å². The van der Waals surface area contributed by atoms with Crippen molar-refractivity contribution in [2.75, 3.05) is 0 Å². The van der Waals surface area contributed by atoms with Crippen molar-refractivity contribution in [2.24, 2.45) is 5.92 Å². The Labute approximate surface area is 136 Å². The average molecular weight is 316 g/mol. The van der Waals surface area contributed by atoms with Crippen LogP contribution >= 0.6 is 0 Å². The van der Waals surface area contributed by atoms with Crippen molar-refractivity contribution >= 4 is 11.6 Å². The van der Waals surface area contributed by atoms with Crippen molar-refractivity contribution in [3.63, 3.8) is 0 Å². The lowest BCUT2D eigenvalue weighted by molar-refractivity contribution is -0.384. The summed E-state index contributed by atoms with van der Waals surface area (Å²) in [6.45, 7) is 2.24. The predicted molar refractivity (Wildman–Crippen MR) is 88.3 cm³/mol. The summed E-state index contributed by atoms with van der Waals surface area (Å²) in [4.78, 5) is 25.3. The first-order valence-electron chi connectivity index (χ1n) is 8.67. The second-order valence-corrected chi connectivity index (χ2v) is 6.83. The van der Waals surface area contributed by atoms with Crippen LogP contribution in [0.2, 0.25) is 0 Å². The Morgan fingerprint density at radius 2 is 1.61 bits per heavy atom. The van der Waals surface area contributed by atoms with Gasteiger partial charge in [0.2, 0.25) is 0 Å². The minimum atomic E-state index is -0.432. The highest BCUT2D eigenvalue weighted by Gasteiger charge is 2.39. The molecule has 1 amide bonds. The first kappa shape index (κ1) is 16.0. The highest BCUT2D eigenvalue weighted by atomic mass is 16.6. The Bertz CT molecular complexity index is 572. The van der Waals surface area contributed by atoms with Crippen LogP contribution in [-0.4, -0.2) is 27.8 Å². The Kier molecular flexibility index (Phi) is 4.64. The molecule has 2 saturated carbocycles. The smallest absolute Gasteiger partial charge is 0.269 e. The highest BCUT2D eigenvalue weighted by Crippen LogP contribution is 2.37. The van der Waals surface area contributed by atoms with E-state index in [-0.39, 0.29) is 11.6 Å². The Morgan fingerprint density at radius 3 is 2.04 bits per heavy atom. The minimum Gasteiger partial charge on any atom is -0.333 e. The van der Waals surface area contributed by atoms with Crippen LogP contribution in [-0.2, 0) is 0 Å². The molecule has 1 aromatic carbocycles. The van der Waals surface area contributed by atoms with Crippen molar-refractivity contribution in [1.82, 2.24) is 4.90 Å². The van der Waals surface area contributed by atoms with Gasteiger partial charge in [-0.1, -0.05) is 13.3 Å². The maximum absolute atomic E-state index is 12.9. The van der Waals surface area contributed by atoms with Crippen LogP contribution in [0.4, 0.5) is 5.69 Å². The molecule has 0 spiro atoms. The van der Waals surface area contributed by atoms with Crippen molar-refractivity contribution in [3.8, 4) is 0 Å². The molecule has 0 radical (unpaired) electrons. The third kappa shape index (κ3) is 3.54. The Balaban J connectivity index is 1.73. The lowest BCUT2D eigenvalue weighted by Gasteiger charge is -2.37. The zero-order valence-corrected chi connectivity index (χ0v) is 13.6. The summed E-state index contributed by atoms with van der Waals surface area (Å²) in [5, 5.41) is 10.8. The number of amides is 1. The second-order valence-electron chi connectivity index (χ2n) is 6.83. The fraction of sp³-hybridized carbons (Fsp3) is 0.611. The largest absolute Gasteiger partial charge is 0.333 e. The SMILES string of the molecule is CCC1CCC(N(C(=O)c2ccc([N+](=O)[O-])cc2)C2CC2)CC1. The summed E-state index contributed by atoms with van der Waals surface area (Å²) in [6.07, 6.45) is 8.00. The molecule has 0 atom stereocenters. The maximum atomic E-state index is 12.9. The van der Waals surface area contributed by atoms with Gasteiger partial charge in [0, 0.05) is 29.8 Å². The number of rotatable bonds is 5. The van der Waals surface area contributed by atoms with E-state index in [0.717, 1.165) is 31.6 Å². The Morgan fingerprint density at radius 1 is 1.09 bits per heavy atom. The van der Waals surface area contributed by atoms with Gasteiger partial charge in [0.25, 0.3) is 11.6 Å². The van der Waals surface area contributed by atoms with Gasteiger partial charge in [0.15, 0.2) is 0 Å². The van der Waals surface area contributed by atoms with E-state index in [1.165, 1.54) is 31.4 Å². The number of non-ortho nitro benzene ring substituents is 1. The monoisotopic (exact) mass is 316 g/mol. The number of benzene rings is 1. The number of nitrogens with zero attached hydrogens (tertiary/aromatic N) is 2. The van der Waals surface area contributed by atoms with Crippen LogP contribution in [0.25, 0.3) is 0 Å². The number of carbonyl (C=O) groups excluding carboxylic acids is 1. The molecular weight excluding hydrogens is 292 g/mol. The van der Waals surface area contributed by atoms with Gasteiger partial charge in [0.05, 0.1) is 4.92 Å². The van der Waals surface area contributed by atoms with E-state index in [0.29, 0.717) is 17.6 Å². The van der Waals surface area contributed by atoms with Crippen molar-refractivity contribution in [2.45, 2.75) is 64.0 Å². The molecule has 1 aromatic rings. The van der Waals surface area contributed by atoms with E-state index in [9.17, 15) is 14.9 Å². The van der Waals surface area contributed by atoms with Crippen LogP contribution < -0.4 is 0 Å². The lowest BCUT2D eigenvalue weighted by Crippen LogP contribution is -2.43. The minimum absolute atomic E-state index is 0.0305. The molecule has 23 heavy (non-hydrogen) atoms. The van der Waals surface area contributed by atoms with Gasteiger partial charge in [-0.3, -0.25) is 14.9 Å². The molecule has 0 saturated heterocycles. The molecule has 5 nitrogen and oxygen atoms in total. The quantitative estimate of drug-likeness (QED) is 0.605. The first-order valence-corrected chi connectivity index (χ1v) is 8.67. The molecule has 5 heteroatoms.